The quantitative estimate of drug-likeness (QED) is 0.799. The highest BCUT2D eigenvalue weighted by molar-refractivity contribution is 5.96. The molecular weight excluding hydrogens is 314 g/mol. The van der Waals surface area contributed by atoms with Crippen molar-refractivity contribution in [3.8, 4) is 5.88 Å². The molecular formula is C15H19N5O4. The molecule has 24 heavy (non-hydrogen) atoms. The number of aromatic nitrogens is 2. The van der Waals surface area contributed by atoms with Crippen LogP contribution in [-0.4, -0.2) is 70.1 Å². The van der Waals surface area contributed by atoms with Crippen molar-refractivity contribution >= 4 is 17.8 Å². The van der Waals surface area contributed by atoms with Crippen LogP contribution < -0.4 is 10.1 Å². The number of nitrogens with one attached hydrogen (secondary N) is 1. The van der Waals surface area contributed by atoms with Gasteiger partial charge in [-0.1, -0.05) is 0 Å². The van der Waals surface area contributed by atoms with E-state index in [0.717, 1.165) is 6.42 Å². The first-order chi connectivity index (χ1) is 11.6. The Morgan fingerprint density at radius 3 is 3.00 bits per heavy atom. The van der Waals surface area contributed by atoms with Crippen LogP contribution in [-0.2, 0) is 9.59 Å². The molecule has 1 N–H and O–H groups in total. The molecule has 2 fully saturated rings. The van der Waals surface area contributed by atoms with E-state index in [1.807, 2.05) is 0 Å². The summed E-state index contributed by atoms with van der Waals surface area (Å²) in [7, 11) is 0. The summed E-state index contributed by atoms with van der Waals surface area (Å²) in [4.78, 5) is 38.2. The predicted molar refractivity (Wildman–Crippen MR) is 82.0 cm³/mol. The van der Waals surface area contributed by atoms with Crippen LogP contribution in [0.3, 0.4) is 0 Å². The van der Waals surface area contributed by atoms with Crippen LogP contribution in [0.25, 0.3) is 0 Å². The molecule has 3 rings (SSSR count). The second-order valence-corrected chi connectivity index (χ2v) is 5.77. The Hall–Kier alpha value is -2.71. The SMILES string of the molecule is O=C1CCN(CCC(=O)N2CCC(Oc3cccnn3)C2)C(=O)N1. The van der Waals surface area contributed by atoms with Gasteiger partial charge < -0.3 is 14.5 Å². The van der Waals surface area contributed by atoms with E-state index in [2.05, 4.69) is 15.5 Å². The standard InChI is InChI=1S/C15H19N5O4/c21-12-4-8-19(15(23)17-12)9-5-14(22)20-7-3-11(10-20)24-13-2-1-6-16-18-13/h1-2,6,11H,3-5,7-10H2,(H,17,21,23). The van der Waals surface area contributed by atoms with Gasteiger partial charge in [-0.3, -0.25) is 14.9 Å². The molecule has 2 aliphatic rings. The van der Waals surface area contributed by atoms with Gasteiger partial charge in [0.15, 0.2) is 0 Å². The smallest absolute Gasteiger partial charge is 0.324 e. The molecule has 128 valence electrons. The van der Waals surface area contributed by atoms with Gasteiger partial charge in [-0.2, -0.15) is 5.10 Å². The van der Waals surface area contributed by atoms with E-state index >= 15 is 0 Å². The lowest BCUT2D eigenvalue weighted by Gasteiger charge is -2.27. The third-order valence-electron chi connectivity index (χ3n) is 4.07. The summed E-state index contributed by atoms with van der Waals surface area (Å²) in [6.07, 6.45) is 2.72. The molecule has 1 atom stereocenters. The average molecular weight is 333 g/mol. The first-order valence-corrected chi connectivity index (χ1v) is 7.93. The van der Waals surface area contributed by atoms with Crippen molar-refractivity contribution in [3.63, 3.8) is 0 Å². The van der Waals surface area contributed by atoms with Crippen molar-refractivity contribution in [1.82, 2.24) is 25.3 Å². The van der Waals surface area contributed by atoms with Crippen LogP contribution in [0.2, 0.25) is 0 Å². The predicted octanol–water partition coefficient (Wildman–Crippen LogP) is -0.212. The van der Waals surface area contributed by atoms with E-state index in [1.165, 1.54) is 4.90 Å². The molecule has 2 aliphatic heterocycles. The molecule has 0 aromatic carbocycles. The van der Waals surface area contributed by atoms with Crippen molar-refractivity contribution in [3.05, 3.63) is 18.3 Å². The molecule has 1 aromatic rings. The van der Waals surface area contributed by atoms with Crippen molar-refractivity contribution < 1.29 is 19.1 Å². The van der Waals surface area contributed by atoms with Gasteiger partial charge in [0.05, 0.1) is 6.54 Å². The molecule has 2 saturated heterocycles. The second kappa shape index (κ2) is 7.24. The summed E-state index contributed by atoms with van der Waals surface area (Å²) < 4.78 is 5.70. The molecule has 0 bridgehead atoms. The van der Waals surface area contributed by atoms with Gasteiger partial charge in [0, 0.05) is 51.2 Å². The zero-order valence-electron chi connectivity index (χ0n) is 13.2. The number of hydrogen-bond donors (Lipinski definition) is 1. The normalized spacial score (nSPS) is 20.9. The fourth-order valence-electron chi connectivity index (χ4n) is 2.77. The number of rotatable bonds is 5. The Labute approximate surface area is 139 Å². The topological polar surface area (TPSA) is 105 Å². The van der Waals surface area contributed by atoms with Crippen molar-refractivity contribution in [2.45, 2.75) is 25.4 Å². The van der Waals surface area contributed by atoms with Crippen LogP contribution in [0.15, 0.2) is 18.3 Å². The van der Waals surface area contributed by atoms with E-state index < -0.39 is 6.03 Å². The van der Waals surface area contributed by atoms with Gasteiger partial charge in [0.2, 0.25) is 17.7 Å². The summed E-state index contributed by atoms with van der Waals surface area (Å²) in [5.74, 6) is 0.155. The Bertz CT molecular complexity index is 624. The highest BCUT2D eigenvalue weighted by Crippen LogP contribution is 2.16. The van der Waals surface area contributed by atoms with E-state index in [0.29, 0.717) is 32.1 Å². The summed E-state index contributed by atoms with van der Waals surface area (Å²) in [5.41, 5.74) is 0. The van der Waals surface area contributed by atoms with Crippen molar-refractivity contribution in [1.29, 1.82) is 0 Å². The maximum atomic E-state index is 12.3. The number of carbonyl (C=O) groups excluding carboxylic acids is 3. The zero-order chi connectivity index (χ0) is 16.9. The van der Waals surface area contributed by atoms with Gasteiger partial charge in [-0.25, -0.2) is 4.79 Å². The molecule has 3 heterocycles. The van der Waals surface area contributed by atoms with Gasteiger partial charge in [-0.15, -0.1) is 5.10 Å². The minimum Gasteiger partial charge on any atom is -0.471 e. The summed E-state index contributed by atoms with van der Waals surface area (Å²) in [5, 5.41) is 9.87. The second-order valence-electron chi connectivity index (χ2n) is 5.77. The summed E-state index contributed by atoms with van der Waals surface area (Å²) in [6, 6.07) is 3.05. The van der Waals surface area contributed by atoms with Gasteiger partial charge in [0.25, 0.3) is 0 Å². The fraction of sp³-hybridized carbons (Fsp3) is 0.533. The van der Waals surface area contributed by atoms with Crippen LogP contribution in [0.4, 0.5) is 4.79 Å². The number of imide groups is 1. The Kier molecular flexibility index (Phi) is 4.88. The van der Waals surface area contributed by atoms with E-state index in [-0.39, 0.29) is 30.8 Å². The highest BCUT2D eigenvalue weighted by Gasteiger charge is 2.29. The summed E-state index contributed by atoms with van der Waals surface area (Å²) in [6.45, 7) is 1.79. The first kappa shape index (κ1) is 16.2. The van der Waals surface area contributed by atoms with E-state index in [1.54, 1.807) is 23.2 Å². The Balaban J connectivity index is 1.43. The number of urea groups is 1. The maximum Gasteiger partial charge on any atom is 0.324 e. The third-order valence-corrected chi connectivity index (χ3v) is 4.07. The van der Waals surface area contributed by atoms with Crippen LogP contribution >= 0.6 is 0 Å². The minimum atomic E-state index is -0.427. The molecule has 0 aliphatic carbocycles. The van der Waals surface area contributed by atoms with Crippen LogP contribution in [0, 0.1) is 0 Å². The monoisotopic (exact) mass is 333 g/mol. The highest BCUT2D eigenvalue weighted by atomic mass is 16.5. The lowest BCUT2D eigenvalue weighted by Crippen LogP contribution is -2.50. The van der Waals surface area contributed by atoms with Crippen molar-refractivity contribution in [2.24, 2.45) is 0 Å². The van der Waals surface area contributed by atoms with Crippen molar-refractivity contribution in [2.75, 3.05) is 26.2 Å². The van der Waals surface area contributed by atoms with Gasteiger partial charge >= 0.3 is 6.03 Å². The van der Waals surface area contributed by atoms with Gasteiger partial charge in [-0.05, 0) is 6.07 Å². The molecule has 0 saturated carbocycles. The molecule has 0 spiro atoms. The first-order valence-electron chi connectivity index (χ1n) is 7.93. The van der Waals surface area contributed by atoms with Crippen LogP contribution in [0.5, 0.6) is 5.88 Å². The molecule has 1 unspecified atom stereocenters. The zero-order valence-corrected chi connectivity index (χ0v) is 13.2. The molecule has 9 nitrogen and oxygen atoms in total. The third kappa shape index (κ3) is 3.98. The Morgan fingerprint density at radius 2 is 2.25 bits per heavy atom. The van der Waals surface area contributed by atoms with E-state index in [4.69, 9.17) is 4.74 Å². The minimum absolute atomic E-state index is 0.0232. The molecule has 0 radical (unpaired) electrons. The number of amides is 4. The average Bonchev–Trinajstić information content (AvgIpc) is 3.03. The number of carbonyl (C=O) groups is 3. The van der Waals surface area contributed by atoms with Gasteiger partial charge in [0.1, 0.15) is 6.10 Å². The largest absolute Gasteiger partial charge is 0.471 e. The molecule has 4 amide bonds. The lowest BCUT2D eigenvalue weighted by atomic mass is 10.2. The number of hydrogen-bond acceptors (Lipinski definition) is 6. The van der Waals surface area contributed by atoms with E-state index in [9.17, 15) is 14.4 Å². The number of ether oxygens (including phenoxy) is 1. The van der Waals surface area contributed by atoms with Crippen LogP contribution in [0.1, 0.15) is 19.3 Å². The Morgan fingerprint density at radius 1 is 1.38 bits per heavy atom. The molecule has 1 aromatic heterocycles. The number of likely N-dealkylation sites (tertiary alicyclic amines) is 1. The number of nitrogens with zero attached hydrogens (tertiary/aromatic N) is 4. The lowest BCUT2D eigenvalue weighted by molar-refractivity contribution is -0.130. The fourth-order valence-corrected chi connectivity index (χ4v) is 2.77. The summed E-state index contributed by atoms with van der Waals surface area (Å²) >= 11 is 0. The maximum absolute atomic E-state index is 12.3. The molecule has 9 heteroatoms.